The average Bonchev–Trinajstić information content (AvgIpc) is 3.42. The van der Waals surface area contributed by atoms with E-state index in [1.165, 1.54) is 0 Å². The molecule has 2 aromatic carbocycles. The van der Waals surface area contributed by atoms with Crippen molar-refractivity contribution in [1.82, 2.24) is 14.5 Å². The number of hydrogen-bond donors (Lipinski definition) is 1. The van der Waals surface area contributed by atoms with Gasteiger partial charge in [-0.2, -0.15) is 4.98 Å². The van der Waals surface area contributed by atoms with E-state index < -0.39 is 9.84 Å². The molecule has 0 atom stereocenters. The molecule has 2 heterocycles. The SMILES string of the molecule is Cc1ccc(S(=O)(=O)c2nc(-c3ccc(Br)cc3)oc2NCCCn2ccnc2)cc1. The summed E-state index contributed by atoms with van der Waals surface area (Å²) in [5.41, 5.74) is 1.67. The average molecular weight is 501 g/mol. The molecule has 0 fully saturated rings. The van der Waals surface area contributed by atoms with Gasteiger partial charge in [0.05, 0.1) is 11.2 Å². The minimum Gasteiger partial charge on any atom is -0.419 e. The van der Waals surface area contributed by atoms with E-state index in [0.29, 0.717) is 12.1 Å². The highest BCUT2D eigenvalue weighted by molar-refractivity contribution is 9.10. The molecular weight excluding hydrogens is 480 g/mol. The van der Waals surface area contributed by atoms with E-state index in [0.717, 1.165) is 23.0 Å². The zero-order valence-electron chi connectivity index (χ0n) is 16.8. The fourth-order valence-corrected chi connectivity index (χ4v) is 4.57. The normalized spacial score (nSPS) is 11.5. The molecule has 0 aliphatic heterocycles. The molecule has 0 radical (unpaired) electrons. The fraction of sp³-hybridized carbons (Fsp3) is 0.182. The van der Waals surface area contributed by atoms with Crippen molar-refractivity contribution in [2.24, 2.45) is 0 Å². The van der Waals surface area contributed by atoms with Gasteiger partial charge >= 0.3 is 0 Å². The Kier molecular flexibility index (Phi) is 6.24. The van der Waals surface area contributed by atoms with Crippen molar-refractivity contribution < 1.29 is 12.8 Å². The third-order valence-electron chi connectivity index (χ3n) is 4.71. The Labute approximate surface area is 189 Å². The van der Waals surface area contributed by atoms with Crippen molar-refractivity contribution in [2.45, 2.75) is 29.8 Å². The maximum absolute atomic E-state index is 13.3. The smallest absolute Gasteiger partial charge is 0.233 e. The summed E-state index contributed by atoms with van der Waals surface area (Å²) >= 11 is 3.40. The number of halogens is 1. The van der Waals surface area contributed by atoms with E-state index in [1.807, 2.05) is 42.0 Å². The van der Waals surface area contributed by atoms with E-state index >= 15 is 0 Å². The Morgan fingerprint density at radius 3 is 2.52 bits per heavy atom. The van der Waals surface area contributed by atoms with Crippen molar-refractivity contribution >= 4 is 31.7 Å². The van der Waals surface area contributed by atoms with Gasteiger partial charge in [-0.3, -0.25) is 0 Å². The number of rotatable bonds is 8. The molecule has 0 spiro atoms. The summed E-state index contributed by atoms with van der Waals surface area (Å²) in [6, 6.07) is 14.0. The molecule has 0 bridgehead atoms. The summed E-state index contributed by atoms with van der Waals surface area (Å²) in [7, 11) is -3.85. The maximum Gasteiger partial charge on any atom is 0.233 e. The van der Waals surface area contributed by atoms with E-state index in [9.17, 15) is 8.42 Å². The highest BCUT2D eigenvalue weighted by Crippen LogP contribution is 2.32. The predicted molar refractivity (Wildman–Crippen MR) is 122 cm³/mol. The molecule has 0 unspecified atom stereocenters. The second-order valence-corrected chi connectivity index (χ2v) is 9.84. The molecule has 4 rings (SSSR count). The Hall–Kier alpha value is -2.91. The molecule has 2 aromatic heterocycles. The summed E-state index contributed by atoms with van der Waals surface area (Å²) in [5.74, 6) is 0.388. The minimum absolute atomic E-state index is 0.114. The molecule has 0 saturated carbocycles. The number of sulfone groups is 1. The number of nitrogens with one attached hydrogen (secondary N) is 1. The van der Waals surface area contributed by atoms with Crippen LogP contribution < -0.4 is 5.32 Å². The fourth-order valence-electron chi connectivity index (χ4n) is 3.03. The minimum atomic E-state index is -3.85. The standard InChI is InChI=1S/C22H21BrN4O3S/c1-16-3-9-19(10-4-16)31(28,29)22-21(25-11-2-13-27-14-12-24-15-27)30-20(26-22)17-5-7-18(23)8-6-17/h3-10,12,14-15,25H,2,11,13H2,1H3. The van der Waals surface area contributed by atoms with Crippen LogP contribution >= 0.6 is 15.9 Å². The monoisotopic (exact) mass is 500 g/mol. The summed E-state index contributed by atoms with van der Waals surface area (Å²) in [6.45, 7) is 3.18. The second-order valence-electron chi connectivity index (χ2n) is 7.06. The molecule has 0 saturated heterocycles. The third-order valence-corrected chi connectivity index (χ3v) is 6.92. The van der Waals surface area contributed by atoms with Crippen LogP contribution in [0.15, 0.2) is 86.1 Å². The van der Waals surface area contributed by atoms with Crippen molar-refractivity contribution in [3.8, 4) is 11.5 Å². The molecular formula is C22H21BrN4O3S. The van der Waals surface area contributed by atoms with Gasteiger partial charge in [0.15, 0.2) is 0 Å². The summed E-state index contributed by atoms with van der Waals surface area (Å²) in [4.78, 5) is 8.56. The van der Waals surface area contributed by atoms with Gasteiger partial charge in [-0.05, 0) is 49.7 Å². The van der Waals surface area contributed by atoms with Crippen LogP contribution in [-0.2, 0) is 16.4 Å². The highest BCUT2D eigenvalue weighted by atomic mass is 79.9. The second kappa shape index (κ2) is 9.07. The number of aryl methyl sites for hydroxylation is 2. The van der Waals surface area contributed by atoms with E-state index in [4.69, 9.17) is 4.42 Å². The van der Waals surface area contributed by atoms with Crippen LogP contribution in [0.2, 0.25) is 0 Å². The Bertz CT molecular complexity index is 1250. The highest BCUT2D eigenvalue weighted by Gasteiger charge is 2.28. The summed E-state index contributed by atoms with van der Waals surface area (Å²) in [6.07, 6.45) is 6.11. The number of aromatic nitrogens is 3. The van der Waals surface area contributed by atoms with Gasteiger partial charge in [0.2, 0.25) is 26.6 Å². The lowest BCUT2D eigenvalue weighted by molar-refractivity contribution is 0.571. The van der Waals surface area contributed by atoms with Crippen LogP contribution in [0.1, 0.15) is 12.0 Å². The van der Waals surface area contributed by atoms with Crippen LogP contribution in [-0.4, -0.2) is 29.5 Å². The molecule has 160 valence electrons. The van der Waals surface area contributed by atoms with Gasteiger partial charge < -0.3 is 14.3 Å². The Morgan fingerprint density at radius 1 is 1.10 bits per heavy atom. The van der Waals surface area contributed by atoms with Crippen LogP contribution in [0.4, 0.5) is 5.88 Å². The first kappa shape index (κ1) is 21.3. The van der Waals surface area contributed by atoms with Crippen LogP contribution in [0.25, 0.3) is 11.5 Å². The first-order chi connectivity index (χ1) is 14.9. The number of nitrogens with zero attached hydrogens (tertiary/aromatic N) is 3. The molecule has 0 amide bonds. The zero-order valence-corrected chi connectivity index (χ0v) is 19.2. The van der Waals surface area contributed by atoms with Crippen LogP contribution in [0.5, 0.6) is 0 Å². The van der Waals surface area contributed by atoms with E-state index in [1.54, 1.807) is 36.8 Å². The van der Waals surface area contributed by atoms with Crippen LogP contribution in [0.3, 0.4) is 0 Å². The van der Waals surface area contributed by atoms with Crippen molar-refractivity contribution in [3.05, 3.63) is 77.3 Å². The molecule has 0 aliphatic rings. The number of hydrogen-bond acceptors (Lipinski definition) is 6. The lowest BCUT2D eigenvalue weighted by Gasteiger charge is -2.07. The van der Waals surface area contributed by atoms with Crippen molar-refractivity contribution in [3.63, 3.8) is 0 Å². The predicted octanol–water partition coefficient (Wildman–Crippen LogP) is 4.94. The molecule has 9 heteroatoms. The molecule has 7 nitrogen and oxygen atoms in total. The number of anilines is 1. The van der Waals surface area contributed by atoms with Gasteiger partial charge in [0.1, 0.15) is 0 Å². The number of benzene rings is 2. The van der Waals surface area contributed by atoms with Gasteiger partial charge in [-0.1, -0.05) is 33.6 Å². The van der Waals surface area contributed by atoms with Gasteiger partial charge in [-0.25, -0.2) is 13.4 Å². The molecule has 0 aliphatic carbocycles. The lowest BCUT2D eigenvalue weighted by atomic mass is 10.2. The van der Waals surface area contributed by atoms with Gasteiger partial charge in [0, 0.05) is 35.5 Å². The summed E-state index contributed by atoms with van der Waals surface area (Å²) in [5, 5.41) is 3.00. The topological polar surface area (TPSA) is 90.0 Å². The number of oxazole rings is 1. The first-order valence-corrected chi connectivity index (χ1v) is 12.0. The Morgan fingerprint density at radius 2 is 1.84 bits per heavy atom. The van der Waals surface area contributed by atoms with Crippen molar-refractivity contribution in [1.29, 1.82) is 0 Å². The van der Waals surface area contributed by atoms with E-state index in [-0.39, 0.29) is 21.7 Å². The Balaban J connectivity index is 1.64. The summed E-state index contributed by atoms with van der Waals surface area (Å²) < 4.78 is 35.3. The molecule has 31 heavy (non-hydrogen) atoms. The zero-order chi connectivity index (χ0) is 21.8. The number of imidazole rings is 1. The molecule has 4 aromatic rings. The first-order valence-electron chi connectivity index (χ1n) is 9.71. The van der Waals surface area contributed by atoms with Crippen molar-refractivity contribution in [2.75, 3.05) is 11.9 Å². The van der Waals surface area contributed by atoms with Gasteiger partial charge in [-0.15, -0.1) is 0 Å². The lowest BCUT2D eigenvalue weighted by Crippen LogP contribution is -2.10. The van der Waals surface area contributed by atoms with Gasteiger partial charge in [0.25, 0.3) is 0 Å². The van der Waals surface area contributed by atoms with Crippen LogP contribution in [0, 0.1) is 6.92 Å². The largest absolute Gasteiger partial charge is 0.419 e. The van der Waals surface area contributed by atoms with E-state index in [2.05, 4.69) is 31.2 Å². The third kappa shape index (κ3) is 4.88. The maximum atomic E-state index is 13.3. The molecule has 1 N–H and O–H groups in total. The quantitative estimate of drug-likeness (QED) is 0.344.